The fourth-order valence-electron chi connectivity index (χ4n) is 1.79. The molecule has 0 saturated heterocycles. The number of rotatable bonds is 8. The van der Waals surface area contributed by atoms with E-state index in [9.17, 15) is 0 Å². The monoisotopic (exact) mass is 291 g/mol. The van der Waals surface area contributed by atoms with Crippen LogP contribution >= 0.6 is 0 Å². The molecule has 110 valence electrons. The molecule has 0 aliphatic rings. The lowest BCUT2D eigenvalue weighted by Gasteiger charge is -2.14. The minimum absolute atomic E-state index is 0.125. The van der Waals surface area contributed by atoms with Gasteiger partial charge in [0.2, 0.25) is 0 Å². The standard InChI is InChI=1S/C19H17NO2/c1-5-10-20-11-9-17-15-19(22-13-7-3)18(21-12-6-2)14-16(17)8-4/h1-4,14-15,20H,9-13H2. The van der Waals surface area contributed by atoms with E-state index < -0.39 is 0 Å². The van der Waals surface area contributed by atoms with Crippen molar-refractivity contribution in [1.29, 1.82) is 0 Å². The maximum Gasteiger partial charge on any atom is 0.163 e. The molecule has 0 aromatic heterocycles. The Morgan fingerprint density at radius 1 is 0.909 bits per heavy atom. The zero-order chi connectivity index (χ0) is 16.2. The summed E-state index contributed by atoms with van der Waals surface area (Å²) in [6.07, 6.45) is 21.9. The average Bonchev–Trinajstić information content (AvgIpc) is 2.55. The zero-order valence-corrected chi connectivity index (χ0v) is 12.3. The van der Waals surface area contributed by atoms with Crippen LogP contribution in [0.3, 0.4) is 0 Å². The van der Waals surface area contributed by atoms with Gasteiger partial charge in [-0.1, -0.05) is 23.7 Å². The van der Waals surface area contributed by atoms with Gasteiger partial charge in [0.05, 0.1) is 6.54 Å². The topological polar surface area (TPSA) is 30.5 Å². The summed E-state index contributed by atoms with van der Waals surface area (Å²) < 4.78 is 11.0. The predicted molar refractivity (Wildman–Crippen MR) is 88.4 cm³/mol. The van der Waals surface area contributed by atoms with Crippen LogP contribution in [0.1, 0.15) is 11.1 Å². The number of hydrogen-bond acceptors (Lipinski definition) is 3. The quantitative estimate of drug-likeness (QED) is 0.581. The van der Waals surface area contributed by atoms with Crippen LogP contribution in [0.15, 0.2) is 12.1 Å². The third-order valence-electron chi connectivity index (χ3n) is 2.75. The molecule has 0 heterocycles. The Labute approximate surface area is 132 Å². The molecule has 0 radical (unpaired) electrons. The molecule has 0 aliphatic heterocycles. The second-order valence-corrected chi connectivity index (χ2v) is 4.22. The largest absolute Gasteiger partial charge is 0.477 e. The van der Waals surface area contributed by atoms with Crippen molar-refractivity contribution in [2.45, 2.75) is 6.42 Å². The van der Waals surface area contributed by atoms with E-state index in [4.69, 9.17) is 35.2 Å². The summed E-state index contributed by atoms with van der Waals surface area (Å²) in [5.41, 5.74) is 1.68. The molecule has 3 nitrogen and oxygen atoms in total. The Balaban J connectivity index is 3.00. The van der Waals surface area contributed by atoms with Crippen molar-refractivity contribution in [3.8, 4) is 60.9 Å². The number of terminal acetylenes is 4. The van der Waals surface area contributed by atoms with Crippen LogP contribution in [0.2, 0.25) is 0 Å². The summed E-state index contributed by atoms with van der Waals surface area (Å²) in [5, 5.41) is 3.11. The molecule has 0 spiro atoms. The number of hydrogen-bond donors (Lipinski definition) is 1. The summed E-state index contributed by atoms with van der Waals surface area (Å²) in [6.45, 7) is 1.48. The van der Waals surface area contributed by atoms with E-state index in [1.807, 2.05) is 6.07 Å². The average molecular weight is 291 g/mol. The summed E-state index contributed by atoms with van der Waals surface area (Å²) >= 11 is 0. The van der Waals surface area contributed by atoms with Crippen LogP contribution in [-0.4, -0.2) is 26.3 Å². The van der Waals surface area contributed by atoms with Gasteiger partial charge in [-0.15, -0.1) is 25.7 Å². The van der Waals surface area contributed by atoms with Crippen molar-refractivity contribution >= 4 is 0 Å². The van der Waals surface area contributed by atoms with Gasteiger partial charge in [-0.3, -0.25) is 0 Å². The lowest BCUT2D eigenvalue weighted by atomic mass is 10.0. The van der Waals surface area contributed by atoms with E-state index in [0.29, 0.717) is 31.0 Å². The second-order valence-electron chi connectivity index (χ2n) is 4.22. The highest BCUT2D eigenvalue weighted by Gasteiger charge is 2.11. The van der Waals surface area contributed by atoms with Crippen molar-refractivity contribution in [3.63, 3.8) is 0 Å². The van der Waals surface area contributed by atoms with Gasteiger partial charge >= 0.3 is 0 Å². The molecular formula is C19H17NO2. The Morgan fingerprint density at radius 2 is 1.55 bits per heavy atom. The van der Waals surface area contributed by atoms with Crippen LogP contribution in [0, 0.1) is 49.4 Å². The van der Waals surface area contributed by atoms with E-state index in [1.165, 1.54) is 0 Å². The SMILES string of the molecule is C#CCNCCc1cc(OCC#C)c(OCC#C)cc1C#C. The number of nitrogens with one attached hydrogen (secondary N) is 1. The summed E-state index contributed by atoms with van der Waals surface area (Å²) in [7, 11) is 0. The number of ether oxygens (including phenoxy) is 2. The summed E-state index contributed by atoms with van der Waals surface area (Å²) in [5.74, 6) is 11.0. The Morgan fingerprint density at radius 3 is 2.09 bits per heavy atom. The first-order chi connectivity index (χ1) is 10.8. The number of benzene rings is 1. The third-order valence-corrected chi connectivity index (χ3v) is 2.75. The molecule has 0 unspecified atom stereocenters. The van der Waals surface area contributed by atoms with E-state index in [-0.39, 0.29) is 13.2 Å². The Bertz CT molecular complexity index is 663. The molecule has 1 N–H and O–H groups in total. The third kappa shape index (κ3) is 5.19. The highest BCUT2D eigenvalue weighted by atomic mass is 16.5. The minimum Gasteiger partial charge on any atom is -0.477 e. The maximum absolute atomic E-state index is 5.56. The molecule has 0 amide bonds. The summed E-state index contributed by atoms with van der Waals surface area (Å²) in [4.78, 5) is 0. The highest BCUT2D eigenvalue weighted by Crippen LogP contribution is 2.31. The molecule has 3 heteroatoms. The molecule has 1 aromatic carbocycles. The Kier molecular flexibility index (Phi) is 7.64. The van der Waals surface area contributed by atoms with Crippen LogP contribution in [-0.2, 0) is 6.42 Å². The van der Waals surface area contributed by atoms with Crippen LogP contribution in [0.4, 0.5) is 0 Å². The molecule has 1 rings (SSSR count). The molecule has 22 heavy (non-hydrogen) atoms. The smallest absolute Gasteiger partial charge is 0.163 e. The molecule has 0 bridgehead atoms. The predicted octanol–water partition coefficient (Wildman–Crippen LogP) is 1.46. The van der Waals surface area contributed by atoms with Crippen molar-refractivity contribution in [2.75, 3.05) is 26.3 Å². The zero-order valence-electron chi connectivity index (χ0n) is 12.3. The van der Waals surface area contributed by atoms with Gasteiger partial charge in [0.1, 0.15) is 13.2 Å². The minimum atomic E-state index is 0.125. The van der Waals surface area contributed by atoms with E-state index in [2.05, 4.69) is 29.0 Å². The van der Waals surface area contributed by atoms with Crippen LogP contribution in [0.25, 0.3) is 0 Å². The van der Waals surface area contributed by atoms with Gasteiger partial charge < -0.3 is 14.8 Å². The van der Waals surface area contributed by atoms with Crippen molar-refractivity contribution in [3.05, 3.63) is 23.3 Å². The van der Waals surface area contributed by atoms with Crippen LogP contribution < -0.4 is 14.8 Å². The van der Waals surface area contributed by atoms with Crippen molar-refractivity contribution in [2.24, 2.45) is 0 Å². The van der Waals surface area contributed by atoms with E-state index >= 15 is 0 Å². The van der Waals surface area contributed by atoms with Crippen molar-refractivity contribution in [1.82, 2.24) is 5.32 Å². The fourth-order valence-corrected chi connectivity index (χ4v) is 1.79. The second kappa shape index (κ2) is 9.85. The van der Waals surface area contributed by atoms with Crippen molar-refractivity contribution < 1.29 is 9.47 Å². The maximum atomic E-state index is 5.56. The lowest BCUT2D eigenvalue weighted by Crippen LogP contribution is -2.17. The first-order valence-electron chi connectivity index (χ1n) is 6.67. The molecule has 0 saturated carbocycles. The van der Waals surface area contributed by atoms with E-state index in [1.54, 1.807) is 6.07 Å². The molecule has 0 atom stereocenters. The lowest BCUT2D eigenvalue weighted by molar-refractivity contribution is 0.314. The van der Waals surface area contributed by atoms with Gasteiger partial charge in [0.25, 0.3) is 0 Å². The van der Waals surface area contributed by atoms with Gasteiger partial charge in [-0.2, -0.15) is 0 Å². The van der Waals surface area contributed by atoms with Gasteiger partial charge in [-0.05, 0) is 24.1 Å². The first-order valence-corrected chi connectivity index (χ1v) is 6.67. The van der Waals surface area contributed by atoms with Gasteiger partial charge in [0, 0.05) is 12.1 Å². The van der Waals surface area contributed by atoms with E-state index in [0.717, 1.165) is 11.1 Å². The fraction of sp³-hybridized carbons (Fsp3) is 0.263. The normalized spacial score (nSPS) is 8.91. The molecular weight excluding hydrogens is 274 g/mol. The summed E-state index contributed by atoms with van der Waals surface area (Å²) in [6, 6.07) is 3.57. The first kappa shape index (κ1) is 17.1. The highest BCUT2D eigenvalue weighted by molar-refractivity contribution is 5.53. The van der Waals surface area contributed by atoms with Gasteiger partial charge in [0.15, 0.2) is 11.5 Å². The molecule has 0 aliphatic carbocycles. The van der Waals surface area contributed by atoms with Gasteiger partial charge in [-0.25, -0.2) is 0 Å². The van der Waals surface area contributed by atoms with Crippen LogP contribution in [0.5, 0.6) is 11.5 Å². The molecule has 0 fully saturated rings. The molecule has 1 aromatic rings. The Hall–Kier alpha value is -2.98.